The van der Waals surface area contributed by atoms with Gasteiger partial charge in [0.05, 0.1) is 10.4 Å². The number of rotatable bonds is 4. The van der Waals surface area contributed by atoms with Gasteiger partial charge in [-0.15, -0.1) is 11.3 Å². The molecule has 0 radical (unpaired) electrons. The molecule has 3 aromatic heterocycles. The first-order chi connectivity index (χ1) is 14.4. The number of fused-ring (bicyclic) bond motifs is 1. The maximum Gasteiger partial charge on any atom is 0.279 e. The van der Waals surface area contributed by atoms with Gasteiger partial charge in [-0.05, 0) is 42.5 Å². The van der Waals surface area contributed by atoms with Gasteiger partial charge in [-0.1, -0.05) is 15.9 Å². The lowest BCUT2D eigenvalue weighted by atomic mass is 10.3. The van der Waals surface area contributed by atoms with E-state index in [4.69, 9.17) is 0 Å². The molecule has 0 spiro atoms. The molecule has 1 aromatic carbocycles. The molecule has 0 saturated heterocycles. The molecule has 4 aromatic rings. The fourth-order valence-electron chi connectivity index (χ4n) is 2.84. The van der Waals surface area contributed by atoms with Gasteiger partial charge in [0.25, 0.3) is 11.8 Å². The summed E-state index contributed by atoms with van der Waals surface area (Å²) in [5.41, 5.74) is 6.84. The number of benzene rings is 1. The summed E-state index contributed by atoms with van der Waals surface area (Å²) in [5, 5.41) is 0. The second-order valence-corrected chi connectivity index (χ2v) is 8.52. The Kier molecular flexibility index (Phi) is 5.51. The highest BCUT2D eigenvalue weighted by Crippen LogP contribution is 2.33. The maximum absolute atomic E-state index is 12.6. The number of pyridine rings is 1. The van der Waals surface area contributed by atoms with Crippen LogP contribution in [0.3, 0.4) is 0 Å². The van der Waals surface area contributed by atoms with Crippen molar-refractivity contribution in [2.24, 2.45) is 0 Å². The van der Waals surface area contributed by atoms with Crippen LogP contribution < -0.4 is 15.8 Å². The lowest BCUT2D eigenvalue weighted by Gasteiger charge is -2.14. The number of hydrazine groups is 1. The molecule has 0 fully saturated rings. The van der Waals surface area contributed by atoms with Crippen LogP contribution in [0.25, 0.3) is 16.0 Å². The first-order valence-electron chi connectivity index (χ1n) is 8.90. The molecule has 4 rings (SSSR count). The van der Waals surface area contributed by atoms with Gasteiger partial charge in [0.1, 0.15) is 10.3 Å². The highest BCUT2D eigenvalue weighted by atomic mass is 79.9. The summed E-state index contributed by atoms with van der Waals surface area (Å²) >= 11 is 4.75. The van der Waals surface area contributed by atoms with Crippen LogP contribution in [0, 0.1) is 0 Å². The van der Waals surface area contributed by atoms with Crippen LogP contribution in [0.15, 0.2) is 59.3 Å². The topological polar surface area (TPSA) is 92.2 Å². The molecule has 0 unspecified atom stereocenters. The third-order valence-electron chi connectivity index (χ3n) is 4.24. The van der Waals surface area contributed by atoms with E-state index < -0.39 is 11.8 Å². The van der Waals surface area contributed by atoms with Gasteiger partial charge >= 0.3 is 0 Å². The van der Waals surface area contributed by atoms with Crippen molar-refractivity contribution in [3.8, 4) is 5.69 Å². The van der Waals surface area contributed by atoms with Crippen LogP contribution in [-0.2, 0) is 0 Å². The maximum atomic E-state index is 12.6. The quantitative estimate of drug-likeness (QED) is 0.433. The standard InChI is InChI=1S/C20H17BrN6O2S/c1-26(2)20-23-15-10-16(18(29)25-24-17(28)12-4-3-9-22-11-12)30-19(15)27(20)14-7-5-13(21)6-8-14/h3-11H,1-2H3,(H,24,28)(H,25,29). The second kappa shape index (κ2) is 8.25. The number of halogens is 1. The molecule has 2 N–H and O–H groups in total. The molecule has 10 heteroatoms. The highest BCUT2D eigenvalue weighted by molar-refractivity contribution is 9.10. The van der Waals surface area contributed by atoms with Crippen molar-refractivity contribution in [3.63, 3.8) is 0 Å². The molecule has 0 aliphatic rings. The number of carbonyl (C=O) groups is 2. The summed E-state index contributed by atoms with van der Waals surface area (Å²) in [7, 11) is 3.84. The summed E-state index contributed by atoms with van der Waals surface area (Å²) in [6.07, 6.45) is 3.00. The Hall–Kier alpha value is -3.24. The van der Waals surface area contributed by atoms with Gasteiger partial charge in [-0.3, -0.25) is 30.0 Å². The molecule has 30 heavy (non-hydrogen) atoms. The largest absolute Gasteiger partial charge is 0.348 e. The van der Waals surface area contributed by atoms with Crippen LogP contribution in [0.4, 0.5) is 5.95 Å². The van der Waals surface area contributed by atoms with E-state index >= 15 is 0 Å². The van der Waals surface area contributed by atoms with Crippen molar-refractivity contribution in [2.45, 2.75) is 0 Å². The monoisotopic (exact) mass is 484 g/mol. The number of hydrogen-bond donors (Lipinski definition) is 2. The van der Waals surface area contributed by atoms with Gasteiger partial charge in [0, 0.05) is 36.6 Å². The molecule has 0 aliphatic heterocycles. The van der Waals surface area contributed by atoms with Crippen molar-refractivity contribution >= 4 is 55.4 Å². The Morgan fingerprint density at radius 1 is 1.10 bits per heavy atom. The number of amides is 2. The lowest BCUT2D eigenvalue weighted by molar-refractivity contribution is 0.0848. The van der Waals surface area contributed by atoms with Crippen LogP contribution in [0.5, 0.6) is 0 Å². The normalized spacial score (nSPS) is 10.8. The number of nitrogens with zero attached hydrogens (tertiary/aromatic N) is 4. The van der Waals surface area contributed by atoms with Crippen LogP contribution >= 0.6 is 27.3 Å². The van der Waals surface area contributed by atoms with Gasteiger partial charge < -0.3 is 4.90 Å². The average Bonchev–Trinajstić information content (AvgIpc) is 3.31. The van der Waals surface area contributed by atoms with Gasteiger partial charge in [0.2, 0.25) is 5.95 Å². The zero-order valence-corrected chi connectivity index (χ0v) is 18.5. The number of hydrogen-bond acceptors (Lipinski definition) is 6. The number of imidazole rings is 1. The van der Waals surface area contributed by atoms with E-state index in [1.165, 1.54) is 17.5 Å². The fraction of sp³-hybridized carbons (Fsp3) is 0.100. The van der Waals surface area contributed by atoms with E-state index in [9.17, 15) is 9.59 Å². The summed E-state index contributed by atoms with van der Waals surface area (Å²) in [5.74, 6) is -0.0932. The summed E-state index contributed by atoms with van der Waals surface area (Å²) < 4.78 is 2.97. The Labute approximate surface area is 184 Å². The molecular formula is C20H17BrN6O2S. The number of nitrogens with one attached hydrogen (secondary N) is 2. The minimum absolute atomic E-state index is 0.355. The third kappa shape index (κ3) is 3.91. The predicted molar refractivity (Wildman–Crippen MR) is 120 cm³/mol. The van der Waals surface area contributed by atoms with E-state index in [2.05, 4.69) is 36.7 Å². The SMILES string of the molecule is CN(C)c1nc2cc(C(=O)NNC(=O)c3cccnc3)sc2n1-c1ccc(Br)cc1. The van der Waals surface area contributed by atoms with Gasteiger partial charge in [-0.25, -0.2) is 4.98 Å². The molecular weight excluding hydrogens is 468 g/mol. The Morgan fingerprint density at radius 3 is 2.50 bits per heavy atom. The van der Waals surface area contributed by atoms with E-state index in [1.54, 1.807) is 24.4 Å². The van der Waals surface area contributed by atoms with Crippen molar-refractivity contribution in [1.29, 1.82) is 0 Å². The molecule has 152 valence electrons. The van der Waals surface area contributed by atoms with Crippen molar-refractivity contribution in [3.05, 3.63) is 69.8 Å². The van der Waals surface area contributed by atoms with E-state index in [0.717, 1.165) is 20.9 Å². The highest BCUT2D eigenvalue weighted by Gasteiger charge is 2.20. The van der Waals surface area contributed by atoms with Crippen LogP contribution in [-0.4, -0.2) is 40.4 Å². The Morgan fingerprint density at radius 2 is 1.83 bits per heavy atom. The average molecular weight is 485 g/mol. The molecule has 3 heterocycles. The second-order valence-electron chi connectivity index (χ2n) is 6.57. The first-order valence-corrected chi connectivity index (χ1v) is 10.5. The van der Waals surface area contributed by atoms with Gasteiger partial charge in [0.15, 0.2) is 0 Å². The summed E-state index contributed by atoms with van der Waals surface area (Å²) in [4.78, 5) is 36.4. The number of aromatic nitrogens is 3. The summed E-state index contributed by atoms with van der Waals surface area (Å²) in [6, 6.07) is 12.8. The summed E-state index contributed by atoms with van der Waals surface area (Å²) in [6.45, 7) is 0. The van der Waals surface area contributed by atoms with Crippen molar-refractivity contribution in [1.82, 2.24) is 25.4 Å². The molecule has 2 amide bonds. The molecule has 0 saturated carbocycles. The fourth-order valence-corrected chi connectivity index (χ4v) is 4.11. The van der Waals surface area contributed by atoms with E-state index in [1.807, 2.05) is 47.8 Å². The smallest absolute Gasteiger partial charge is 0.279 e. The van der Waals surface area contributed by atoms with E-state index in [-0.39, 0.29) is 0 Å². The lowest BCUT2D eigenvalue weighted by Crippen LogP contribution is -2.41. The van der Waals surface area contributed by atoms with Crippen LogP contribution in [0.1, 0.15) is 20.0 Å². The minimum Gasteiger partial charge on any atom is -0.348 e. The molecule has 0 aliphatic carbocycles. The molecule has 8 nitrogen and oxygen atoms in total. The molecule has 0 bridgehead atoms. The number of thiophene rings is 1. The van der Waals surface area contributed by atoms with Crippen molar-refractivity contribution < 1.29 is 9.59 Å². The van der Waals surface area contributed by atoms with E-state index in [0.29, 0.717) is 16.0 Å². The minimum atomic E-state index is -0.440. The zero-order chi connectivity index (χ0) is 21.3. The Balaban J connectivity index is 1.61. The number of anilines is 1. The Bertz CT molecular complexity index is 1220. The van der Waals surface area contributed by atoms with Gasteiger partial charge in [-0.2, -0.15) is 0 Å². The first kappa shape index (κ1) is 20.0. The van der Waals surface area contributed by atoms with Crippen LogP contribution in [0.2, 0.25) is 0 Å². The zero-order valence-electron chi connectivity index (χ0n) is 16.1. The predicted octanol–water partition coefficient (Wildman–Crippen LogP) is 3.39. The number of carbonyl (C=O) groups excluding carboxylic acids is 2. The third-order valence-corrected chi connectivity index (χ3v) is 5.88. The molecule has 0 atom stereocenters. The van der Waals surface area contributed by atoms with Crippen molar-refractivity contribution in [2.75, 3.05) is 19.0 Å².